The fourth-order valence-electron chi connectivity index (χ4n) is 1.57. The first-order valence-corrected chi connectivity index (χ1v) is 6.51. The van der Waals surface area contributed by atoms with Gasteiger partial charge in [-0.05, 0) is 30.5 Å². The zero-order valence-corrected chi connectivity index (χ0v) is 11.6. The Morgan fingerprint density at radius 3 is 2.74 bits per heavy atom. The number of amides is 1. The third kappa shape index (κ3) is 5.61. The van der Waals surface area contributed by atoms with Gasteiger partial charge in [-0.2, -0.15) is 0 Å². The number of nitrogens with one attached hydrogen (secondary N) is 1. The summed E-state index contributed by atoms with van der Waals surface area (Å²) < 4.78 is 5.49. The van der Waals surface area contributed by atoms with Crippen LogP contribution in [0.5, 0.6) is 0 Å². The van der Waals surface area contributed by atoms with Crippen molar-refractivity contribution >= 4 is 17.3 Å². The third-order valence-electron chi connectivity index (χ3n) is 2.73. The molecule has 19 heavy (non-hydrogen) atoms. The summed E-state index contributed by atoms with van der Waals surface area (Å²) in [6.45, 7) is 6.42. The Labute approximate surface area is 114 Å². The second-order valence-electron chi connectivity index (χ2n) is 4.89. The summed E-state index contributed by atoms with van der Waals surface area (Å²) >= 11 is 0. The summed E-state index contributed by atoms with van der Waals surface area (Å²) in [7, 11) is 0. The number of anilines is 2. The highest BCUT2D eigenvalue weighted by Crippen LogP contribution is 2.17. The number of nitrogens with two attached hydrogens (primary N) is 2. The topological polar surface area (TPSA) is 90.4 Å². The Morgan fingerprint density at radius 1 is 1.37 bits per heavy atom. The van der Waals surface area contributed by atoms with Crippen LogP contribution in [-0.2, 0) is 4.74 Å². The molecule has 0 fully saturated rings. The van der Waals surface area contributed by atoms with Crippen LogP contribution in [0.3, 0.4) is 0 Å². The Balaban J connectivity index is 2.34. The van der Waals surface area contributed by atoms with E-state index >= 15 is 0 Å². The fourth-order valence-corrected chi connectivity index (χ4v) is 1.57. The van der Waals surface area contributed by atoms with Crippen LogP contribution in [-0.4, -0.2) is 25.7 Å². The lowest BCUT2D eigenvalue weighted by Gasteiger charge is -2.10. The second kappa shape index (κ2) is 7.63. The van der Waals surface area contributed by atoms with Crippen LogP contribution in [0.25, 0.3) is 0 Å². The van der Waals surface area contributed by atoms with E-state index in [4.69, 9.17) is 16.2 Å². The molecule has 0 atom stereocenters. The zero-order chi connectivity index (χ0) is 14.3. The molecule has 1 aromatic rings. The van der Waals surface area contributed by atoms with Gasteiger partial charge >= 0.3 is 0 Å². The number of nitrogen functional groups attached to an aromatic ring is 1. The van der Waals surface area contributed by atoms with E-state index in [0.29, 0.717) is 30.3 Å². The van der Waals surface area contributed by atoms with Crippen molar-refractivity contribution in [1.82, 2.24) is 0 Å². The first-order chi connectivity index (χ1) is 9.00. The molecular formula is C14H23N3O2. The van der Waals surface area contributed by atoms with Crippen LogP contribution in [0.2, 0.25) is 0 Å². The van der Waals surface area contributed by atoms with Crippen molar-refractivity contribution in [2.24, 2.45) is 11.7 Å². The minimum Gasteiger partial charge on any atom is -0.398 e. The highest BCUT2D eigenvalue weighted by Gasteiger charge is 2.06. The molecule has 0 aromatic heterocycles. The van der Waals surface area contributed by atoms with E-state index in [9.17, 15) is 4.79 Å². The van der Waals surface area contributed by atoms with Gasteiger partial charge in [0.1, 0.15) is 0 Å². The Morgan fingerprint density at radius 2 is 2.11 bits per heavy atom. The minimum absolute atomic E-state index is 0.339. The molecule has 5 N–H and O–H groups in total. The van der Waals surface area contributed by atoms with E-state index < -0.39 is 5.91 Å². The molecule has 5 heteroatoms. The summed E-state index contributed by atoms with van der Waals surface area (Å²) in [4.78, 5) is 11.1. The lowest BCUT2D eigenvalue weighted by molar-refractivity contribution is 0.100. The molecule has 106 valence electrons. The summed E-state index contributed by atoms with van der Waals surface area (Å²) in [6.07, 6.45) is 1.06. The number of carbonyl (C=O) groups excluding carboxylic acids is 1. The maximum Gasteiger partial charge on any atom is 0.250 e. The number of carbonyl (C=O) groups is 1. The molecule has 0 saturated heterocycles. The average molecular weight is 265 g/mol. The van der Waals surface area contributed by atoms with Crippen molar-refractivity contribution in [3.63, 3.8) is 0 Å². The smallest absolute Gasteiger partial charge is 0.250 e. The number of primary amides is 1. The van der Waals surface area contributed by atoms with Crippen LogP contribution in [0.1, 0.15) is 30.6 Å². The summed E-state index contributed by atoms with van der Waals surface area (Å²) in [6, 6.07) is 5.14. The highest BCUT2D eigenvalue weighted by atomic mass is 16.5. The van der Waals surface area contributed by atoms with Gasteiger partial charge in [0.2, 0.25) is 0 Å². The highest BCUT2D eigenvalue weighted by molar-refractivity contribution is 5.98. The number of benzene rings is 1. The number of hydrogen-bond acceptors (Lipinski definition) is 4. The zero-order valence-electron chi connectivity index (χ0n) is 11.6. The third-order valence-corrected chi connectivity index (χ3v) is 2.73. The van der Waals surface area contributed by atoms with Crippen molar-refractivity contribution in [1.29, 1.82) is 0 Å². The standard InChI is InChI=1S/C14H23N3O2/c1-10(2)5-7-19-8-6-17-11-3-4-13(15)12(9-11)14(16)18/h3-4,9-10,17H,5-8,15H2,1-2H3,(H2,16,18). The molecule has 0 aliphatic heterocycles. The van der Waals surface area contributed by atoms with E-state index in [1.807, 2.05) is 6.07 Å². The average Bonchev–Trinajstić information content (AvgIpc) is 2.34. The molecule has 0 saturated carbocycles. The minimum atomic E-state index is -0.519. The van der Waals surface area contributed by atoms with Gasteiger partial charge < -0.3 is 21.5 Å². The van der Waals surface area contributed by atoms with E-state index in [0.717, 1.165) is 18.7 Å². The quantitative estimate of drug-likeness (QED) is 0.494. The van der Waals surface area contributed by atoms with Gasteiger partial charge in [0.15, 0.2) is 0 Å². The van der Waals surface area contributed by atoms with Gasteiger partial charge in [-0.1, -0.05) is 13.8 Å². The van der Waals surface area contributed by atoms with Crippen LogP contribution in [0, 0.1) is 5.92 Å². The first-order valence-electron chi connectivity index (χ1n) is 6.51. The SMILES string of the molecule is CC(C)CCOCCNc1ccc(N)c(C(N)=O)c1. The normalized spacial score (nSPS) is 10.7. The molecule has 5 nitrogen and oxygen atoms in total. The van der Waals surface area contributed by atoms with Crippen LogP contribution >= 0.6 is 0 Å². The summed E-state index contributed by atoms with van der Waals surface area (Å²) in [5, 5.41) is 3.17. The lowest BCUT2D eigenvalue weighted by atomic mass is 10.1. The van der Waals surface area contributed by atoms with Gasteiger partial charge in [0.05, 0.1) is 12.2 Å². The van der Waals surface area contributed by atoms with Crippen molar-refractivity contribution in [3.05, 3.63) is 23.8 Å². The Kier molecular flexibility index (Phi) is 6.15. The maximum atomic E-state index is 11.1. The maximum absolute atomic E-state index is 11.1. The molecule has 0 bridgehead atoms. The molecule has 0 aliphatic carbocycles. The van der Waals surface area contributed by atoms with Gasteiger partial charge in [0.25, 0.3) is 5.91 Å². The van der Waals surface area contributed by atoms with Crippen molar-refractivity contribution in [2.75, 3.05) is 30.8 Å². The number of ether oxygens (including phenoxy) is 1. The molecule has 0 spiro atoms. The number of hydrogen-bond donors (Lipinski definition) is 3. The fraction of sp³-hybridized carbons (Fsp3) is 0.500. The molecule has 0 heterocycles. The first kappa shape index (κ1) is 15.3. The lowest BCUT2D eigenvalue weighted by Crippen LogP contribution is -2.15. The number of rotatable bonds is 8. The molecule has 1 amide bonds. The van der Waals surface area contributed by atoms with E-state index in [1.54, 1.807) is 12.1 Å². The molecule has 0 unspecified atom stereocenters. The predicted octanol–water partition coefficient (Wildman–Crippen LogP) is 1.84. The van der Waals surface area contributed by atoms with Crippen molar-refractivity contribution < 1.29 is 9.53 Å². The van der Waals surface area contributed by atoms with Crippen LogP contribution in [0.15, 0.2) is 18.2 Å². The monoisotopic (exact) mass is 265 g/mol. The van der Waals surface area contributed by atoms with Gasteiger partial charge in [-0.3, -0.25) is 4.79 Å². The van der Waals surface area contributed by atoms with E-state index in [2.05, 4.69) is 19.2 Å². The molecule has 1 aromatic carbocycles. The molecule has 1 rings (SSSR count). The predicted molar refractivity (Wildman–Crippen MR) is 78.1 cm³/mol. The van der Waals surface area contributed by atoms with Crippen molar-refractivity contribution in [2.45, 2.75) is 20.3 Å². The van der Waals surface area contributed by atoms with Gasteiger partial charge in [-0.25, -0.2) is 0 Å². The van der Waals surface area contributed by atoms with Crippen LogP contribution in [0.4, 0.5) is 11.4 Å². The Hall–Kier alpha value is -1.75. The van der Waals surface area contributed by atoms with E-state index in [1.165, 1.54) is 0 Å². The van der Waals surface area contributed by atoms with Crippen LogP contribution < -0.4 is 16.8 Å². The molecule has 0 aliphatic rings. The largest absolute Gasteiger partial charge is 0.398 e. The summed E-state index contributed by atoms with van der Waals surface area (Å²) in [5.74, 6) is 0.137. The second-order valence-corrected chi connectivity index (χ2v) is 4.89. The molecule has 0 radical (unpaired) electrons. The molecular weight excluding hydrogens is 242 g/mol. The van der Waals surface area contributed by atoms with E-state index in [-0.39, 0.29) is 0 Å². The van der Waals surface area contributed by atoms with Gasteiger partial charge in [-0.15, -0.1) is 0 Å². The van der Waals surface area contributed by atoms with Crippen molar-refractivity contribution in [3.8, 4) is 0 Å². The Bertz CT molecular complexity index is 419. The summed E-state index contributed by atoms with van der Waals surface area (Å²) in [5.41, 5.74) is 12.4. The van der Waals surface area contributed by atoms with Gasteiger partial charge in [0, 0.05) is 24.5 Å².